The molecule has 0 radical (unpaired) electrons. The van der Waals surface area contributed by atoms with Gasteiger partial charge in [-0.25, -0.2) is 0 Å². The Balaban J connectivity index is 1.57. The van der Waals surface area contributed by atoms with E-state index >= 15 is 0 Å². The fraction of sp³-hybridized carbons (Fsp3) is 0.853. The maximum absolute atomic E-state index is 13.8. The van der Waals surface area contributed by atoms with Gasteiger partial charge in [-0.15, -0.1) is 0 Å². The third-order valence-corrected chi connectivity index (χ3v) is 13.6. The highest BCUT2D eigenvalue weighted by Crippen LogP contribution is 2.76. The lowest BCUT2D eigenvalue weighted by molar-refractivity contribution is -0.494. The Morgan fingerprint density at radius 3 is 2.26 bits per heavy atom. The van der Waals surface area contributed by atoms with Gasteiger partial charge in [0.25, 0.3) is 0 Å². The number of ether oxygens (including phenoxy) is 2. The van der Waals surface area contributed by atoms with Gasteiger partial charge in [-0.2, -0.15) is 0 Å². The van der Waals surface area contributed by atoms with Crippen LogP contribution in [0, 0.1) is 61.4 Å². The van der Waals surface area contributed by atoms with Crippen LogP contribution in [-0.4, -0.2) is 41.4 Å². The molecule has 0 aliphatic heterocycles. The number of hydrogen-bond donors (Lipinski definition) is 0. The highest BCUT2D eigenvalue weighted by atomic mass is 16.6. The zero-order chi connectivity index (χ0) is 31.0. The van der Waals surface area contributed by atoms with Crippen molar-refractivity contribution < 1.29 is 28.8 Å². The van der Waals surface area contributed by atoms with Gasteiger partial charge in [0.1, 0.15) is 6.10 Å². The second-order valence-electron chi connectivity index (χ2n) is 15.6. The van der Waals surface area contributed by atoms with Crippen molar-refractivity contribution in [2.45, 2.75) is 125 Å². The number of carbonyl (C=O) groups is 3. The Kier molecular flexibility index (Phi) is 7.75. The van der Waals surface area contributed by atoms with Crippen LogP contribution in [0.15, 0.2) is 11.1 Å². The van der Waals surface area contributed by atoms with Gasteiger partial charge in [-0.05, 0) is 108 Å². The highest BCUT2D eigenvalue weighted by molar-refractivity contribution is 6.00. The molecule has 5 rings (SSSR count). The molecule has 0 bridgehead atoms. The summed E-state index contributed by atoms with van der Waals surface area (Å²) in [5.74, 6) is 0.776. The van der Waals surface area contributed by atoms with E-state index in [0.717, 1.165) is 56.1 Å². The first-order valence-corrected chi connectivity index (χ1v) is 16.3. The minimum absolute atomic E-state index is 0.00139. The van der Waals surface area contributed by atoms with Crippen molar-refractivity contribution >= 4 is 17.7 Å². The van der Waals surface area contributed by atoms with Crippen LogP contribution in [0.2, 0.25) is 0 Å². The molecule has 42 heavy (non-hydrogen) atoms. The third-order valence-electron chi connectivity index (χ3n) is 13.6. The molecule has 0 aromatic rings. The van der Waals surface area contributed by atoms with E-state index in [0.29, 0.717) is 24.2 Å². The average Bonchev–Trinajstić information content (AvgIpc) is 3.18. The summed E-state index contributed by atoms with van der Waals surface area (Å²) in [5, 5.41) is 11.9. The average molecular weight is 586 g/mol. The Labute approximate surface area is 250 Å². The maximum Gasteiger partial charge on any atom is 0.303 e. The van der Waals surface area contributed by atoms with Crippen LogP contribution in [0.25, 0.3) is 0 Å². The number of fused-ring (bicyclic) bond motifs is 7. The van der Waals surface area contributed by atoms with E-state index < -0.39 is 24.0 Å². The van der Waals surface area contributed by atoms with Gasteiger partial charge in [0.15, 0.2) is 11.9 Å². The topological polar surface area (TPSA) is 113 Å². The summed E-state index contributed by atoms with van der Waals surface area (Å²) >= 11 is 0. The zero-order valence-corrected chi connectivity index (χ0v) is 26.9. The quantitative estimate of drug-likeness (QED) is 0.193. The lowest BCUT2D eigenvalue weighted by Crippen LogP contribution is -2.65. The number of Topliss-reactive ketones (excluding diaryl/α,β-unsaturated/α-hetero) is 1. The number of nitro groups is 1. The summed E-state index contributed by atoms with van der Waals surface area (Å²) in [6.07, 6.45) is 6.79. The van der Waals surface area contributed by atoms with Crippen LogP contribution in [0.3, 0.4) is 0 Å². The number of carbonyl (C=O) groups excluding carboxylic acids is 3. The van der Waals surface area contributed by atoms with Crippen LogP contribution >= 0.6 is 0 Å². The molecule has 0 aromatic heterocycles. The molecule has 5 aliphatic rings. The fourth-order valence-corrected chi connectivity index (χ4v) is 11.7. The summed E-state index contributed by atoms with van der Waals surface area (Å²) in [7, 11) is 0. The molecule has 8 heteroatoms. The van der Waals surface area contributed by atoms with E-state index in [-0.39, 0.29) is 57.3 Å². The summed E-state index contributed by atoms with van der Waals surface area (Å²) in [4.78, 5) is 49.3. The van der Waals surface area contributed by atoms with E-state index in [1.54, 1.807) is 0 Å². The molecule has 0 saturated heterocycles. The number of nitrogens with zero attached hydrogens (tertiary/aromatic N) is 1. The highest BCUT2D eigenvalue weighted by Gasteiger charge is 2.70. The third kappa shape index (κ3) is 4.39. The minimum atomic E-state index is -0.944. The van der Waals surface area contributed by atoms with Crippen molar-refractivity contribution in [3.8, 4) is 0 Å². The Morgan fingerprint density at radius 2 is 1.67 bits per heavy atom. The van der Waals surface area contributed by atoms with Crippen molar-refractivity contribution in [3.05, 3.63) is 21.3 Å². The summed E-state index contributed by atoms with van der Waals surface area (Å²) < 4.78 is 11.5. The first-order valence-electron chi connectivity index (χ1n) is 16.3. The van der Waals surface area contributed by atoms with E-state index in [1.807, 2.05) is 0 Å². The van der Waals surface area contributed by atoms with Crippen molar-refractivity contribution in [3.63, 3.8) is 0 Å². The van der Waals surface area contributed by atoms with Crippen LogP contribution in [-0.2, 0) is 23.9 Å². The van der Waals surface area contributed by atoms with Crippen molar-refractivity contribution in [1.29, 1.82) is 0 Å². The van der Waals surface area contributed by atoms with Crippen molar-refractivity contribution in [1.82, 2.24) is 0 Å². The van der Waals surface area contributed by atoms with Crippen molar-refractivity contribution in [2.24, 2.45) is 51.2 Å². The van der Waals surface area contributed by atoms with Crippen LogP contribution < -0.4 is 0 Å². The van der Waals surface area contributed by atoms with Crippen LogP contribution in [0.1, 0.15) is 113 Å². The Morgan fingerprint density at radius 1 is 0.976 bits per heavy atom. The Hall–Kier alpha value is -2.25. The van der Waals surface area contributed by atoms with Gasteiger partial charge < -0.3 is 9.47 Å². The normalized spacial score (nSPS) is 43.5. The lowest BCUT2D eigenvalue weighted by atomic mass is 9.33. The molecule has 234 valence electrons. The minimum Gasteiger partial charge on any atom is -0.462 e. The predicted molar refractivity (Wildman–Crippen MR) is 158 cm³/mol. The lowest BCUT2D eigenvalue weighted by Gasteiger charge is -2.71. The molecule has 8 nitrogen and oxygen atoms in total. The number of ketones is 1. The molecule has 0 amide bonds. The Bertz CT molecular complexity index is 1190. The largest absolute Gasteiger partial charge is 0.462 e. The first kappa shape index (κ1) is 31.2. The van der Waals surface area contributed by atoms with Gasteiger partial charge in [-0.3, -0.25) is 24.5 Å². The van der Waals surface area contributed by atoms with E-state index in [2.05, 4.69) is 41.5 Å². The number of hydrogen-bond acceptors (Lipinski definition) is 7. The summed E-state index contributed by atoms with van der Waals surface area (Å²) in [5.41, 5.74) is 1.20. The van der Waals surface area contributed by atoms with Gasteiger partial charge in [0.2, 0.25) is 6.54 Å². The second kappa shape index (κ2) is 10.4. The smallest absolute Gasteiger partial charge is 0.303 e. The van der Waals surface area contributed by atoms with Gasteiger partial charge in [0, 0.05) is 30.6 Å². The molecule has 0 aromatic carbocycles. The number of allylic oxidation sites excluding steroid dienone is 1. The second-order valence-corrected chi connectivity index (χ2v) is 15.6. The van der Waals surface area contributed by atoms with E-state index in [1.165, 1.54) is 13.8 Å². The zero-order valence-electron chi connectivity index (χ0n) is 26.9. The molecular formula is C34H51NO7. The number of esters is 2. The van der Waals surface area contributed by atoms with Gasteiger partial charge in [-0.1, -0.05) is 41.5 Å². The monoisotopic (exact) mass is 585 g/mol. The van der Waals surface area contributed by atoms with Crippen molar-refractivity contribution in [2.75, 3.05) is 6.54 Å². The fourth-order valence-electron chi connectivity index (χ4n) is 11.7. The molecule has 10 atom stereocenters. The molecule has 0 N–H and O–H groups in total. The van der Waals surface area contributed by atoms with Crippen LogP contribution in [0.5, 0.6) is 0 Å². The molecule has 0 spiro atoms. The van der Waals surface area contributed by atoms with E-state index in [4.69, 9.17) is 9.47 Å². The summed E-state index contributed by atoms with van der Waals surface area (Å²) in [6.45, 7) is 16.1. The molecule has 4 fully saturated rings. The molecule has 4 saturated carbocycles. The number of rotatable bonds is 6. The predicted octanol–water partition coefficient (Wildman–Crippen LogP) is 6.72. The SMILES string of the molecule is CC(=O)OC(C[N+](=O)[O-])[C@@]12CC[C@]3(C)[C@H](CC[C@@H]4[C@@]5(C)CC[C@H](OC(C)=O)[C@H](C)[C@@H]5CC[C@]43C)C1=C(C(C)C)C(=O)C2. The van der Waals surface area contributed by atoms with Gasteiger partial charge >= 0.3 is 11.9 Å². The first-order chi connectivity index (χ1) is 19.5. The molecule has 1 unspecified atom stereocenters. The summed E-state index contributed by atoms with van der Waals surface area (Å²) in [6, 6.07) is 0. The molecule has 0 heterocycles. The molecular weight excluding hydrogens is 534 g/mol. The molecule has 5 aliphatic carbocycles. The maximum atomic E-state index is 13.8. The van der Waals surface area contributed by atoms with E-state index in [9.17, 15) is 24.5 Å². The van der Waals surface area contributed by atoms with Gasteiger partial charge in [0.05, 0.1) is 0 Å². The standard InChI is InChI=1S/C34H51NO7/c1-19(2)29-25(38)17-34(28(18-35(39)40)42-22(5)37)16-15-32(7)24(30(29)34)9-10-27-31(6)13-12-26(41-21(4)36)20(3)23(31)11-14-33(27,32)8/h19-20,23-24,26-28H,9-18H2,1-8H3/t20-,23+,24-,26+,27-,28?,31+,32-,33-,34+/m1/s1. The van der Waals surface area contributed by atoms with Crippen LogP contribution in [0.4, 0.5) is 0 Å².